The van der Waals surface area contributed by atoms with E-state index in [0.717, 1.165) is 17.0 Å². The number of methoxy groups -OCH3 is 2. The molecule has 0 saturated heterocycles. The first-order valence-corrected chi connectivity index (χ1v) is 7.15. The van der Waals surface area contributed by atoms with Gasteiger partial charge in [-0.25, -0.2) is 0 Å². The number of nitrogens with zero attached hydrogens (tertiary/aromatic N) is 1. The molecule has 0 aliphatic rings. The van der Waals surface area contributed by atoms with Crippen LogP contribution in [0.15, 0.2) is 53.5 Å². The van der Waals surface area contributed by atoms with E-state index in [2.05, 4.69) is 10.3 Å². The molecule has 0 spiro atoms. The molecular weight excluding hydrogens is 294 g/mol. The Balaban J connectivity index is 1.94. The number of guanidine groups is 1. The van der Waals surface area contributed by atoms with Gasteiger partial charge in [0.25, 0.3) is 0 Å². The van der Waals surface area contributed by atoms with Crippen LogP contribution in [-0.2, 0) is 0 Å². The highest BCUT2D eigenvalue weighted by molar-refractivity contribution is 5.92. The van der Waals surface area contributed by atoms with E-state index < -0.39 is 6.10 Å². The molecule has 0 radical (unpaired) electrons. The van der Waals surface area contributed by atoms with Crippen LogP contribution in [0.3, 0.4) is 0 Å². The Labute approximate surface area is 135 Å². The van der Waals surface area contributed by atoms with Gasteiger partial charge < -0.3 is 25.6 Å². The van der Waals surface area contributed by atoms with Crippen molar-refractivity contribution in [3.8, 4) is 11.5 Å². The molecule has 2 rings (SSSR count). The molecule has 0 amide bonds. The van der Waals surface area contributed by atoms with Crippen LogP contribution in [0.5, 0.6) is 11.5 Å². The minimum absolute atomic E-state index is 0.155. The molecule has 6 heteroatoms. The van der Waals surface area contributed by atoms with Gasteiger partial charge in [-0.15, -0.1) is 0 Å². The van der Waals surface area contributed by atoms with E-state index >= 15 is 0 Å². The molecule has 6 nitrogen and oxygen atoms in total. The summed E-state index contributed by atoms with van der Waals surface area (Å²) in [5.74, 6) is 1.69. The Morgan fingerprint density at radius 1 is 1.13 bits per heavy atom. The number of rotatable bonds is 6. The number of nitrogens with two attached hydrogens (primary N) is 1. The van der Waals surface area contributed by atoms with Crippen LogP contribution in [0.2, 0.25) is 0 Å². The van der Waals surface area contributed by atoms with Gasteiger partial charge in [-0.05, 0) is 42.0 Å². The van der Waals surface area contributed by atoms with Crippen LogP contribution in [-0.4, -0.2) is 31.8 Å². The monoisotopic (exact) mass is 315 g/mol. The molecule has 0 aliphatic carbocycles. The maximum atomic E-state index is 10.2. The maximum Gasteiger partial charge on any atom is 0.193 e. The highest BCUT2D eigenvalue weighted by atomic mass is 16.5. The third-order valence-corrected chi connectivity index (χ3v) is 3.28. The molecule has 0 bridgehead atoms. The predicted molar refractivity (Wildman–Crippen MR) is 91.1 cm³/mol. The van der Waals surface area contributed by atoms with Gasteiger partial charge in [0.05, 0.1) is 26.9 Å². The minimum Gasteiger partial charge on any atom is -0.497 e. The molecule has 23 heavy (non-hydrogen) atoms. The molecule has 2 aromatic rings. The fraction of sp³-hybridized carbons (Fsp3) is 0.235. The number of anilines is 1. The summed E-state index contributed by atoms with van der Waals surface area (Å²) in [6.07, 6.45) is -0.749. The number of aliphatic imine (C=N–C) groups is 1. The fourth-order valence-electron chi connectivity index (χ4n) is 2.00. The average molecular weight is 315 g/mol. The SMILES string of the molecule is COc1ccc(NC(N)=NCC(O)c2cccc(OC)c2)cc1. The standard InChI is InChI=1S/C17H21N3O3/c1-22-14-8-6-13(7-9-14)20-17(18)19-11-16(21)12-4-3-5-15(10-12)23-2/h3-10,16,21H,11H2,1-2H3,(H3,18,19,20). The molecule has 0 heterocycles. The van der Waals surface area contributed by atoms with E-state index in [4.69, 9.17) is 15.2 Å². The summed E-state index contributed by atoms with van der Waals surface area (Å²) in [6, 6.07) is 14.5. The third-order valence-electron chi connectivity index (χ3n) is 3.28. The predicted octanol–water partition coefficient (Wildman–Crippen LogP) is 2.16. The van der Waals surface area contributed by atoms with Gasteiger partial charge in [-0.3, -0.25) is 4.99 Å². The topological polar surface area (TPSA) is 89.1 Å². The van der Waals surface area contributed by atoms with Crippen LogP contribution < -0.4 is 20.5 Å². The highest BCUT2D eigenvalue weighted by Crippen LogP contribution is 2.19. The van der Waals surface area contributed by atoms with E-state index in [9.17, 15) is 5.11 Å². The van der Waals surface area contributed by atoms with Gasteiger partial charge in [-0.1, -0.05) is 12.1 Å². The lowest BCUT2D eigenvalue weighted by Crippen LogP contribution is -2.23. The highest BCUT2D eigenvalue weighted by Gasteiger charge is 2.08. The number of ether oxygens (including phenoxy) is 2. The summed E-state index contributed by atoms with van der Waals surface area (Å²) in [6.45, 7) is 0.155. The number of benzene rings is 2. The molecular formula is C17H21N3O3. The summed E-state index contributed by atoms with van der Waals surface area (Å²) in [5, 5.41) is 13.1. The lowest BCUT2D eigenvalue weighted by atomic mass is 10.1. The first-order chi connectivity index (χ1) is 11.1. The van der Waals surface area contributed by atoms with Crippen molar-refractivity contribution < 1.29 is 14.6 Å². The summed E-state index contributed by atoms with van der Waals surface area (Å²) in [7, 11) is 3.19. The minimum atomic E-state index is -0.749. The number of hydrogen-bond acceptors (Lipinski definition) is 4. The van der Waals surface area contributed by atoms with Gasteiger partial charge in [0.2, 0.25) is 0 Å². The molecule has 0 saturated carbocycles. The summed E-state index contributed by atoms with van der Waals surface area (Å²) in [4.78, 5) is 4.16. The summed E-state index contributed by atoms with van der Waals surface area (Å²) < 4.78 is 10.2. The second-order valence-corrected chi connectivity index (χ2v) is 4.87. The lowest BCUT2D eigenvalue weighted by molar-refractivity contribution is 0.187. The fourth-order valence-corrected chi connectivity index (χ4v) is 2.00. The first kappa shape index (κ1) is 16.6. The Morgan fingerprint density at radius 2 is 1.83 bits per heavy atom. The van der Waals surface area contributed by atoms with Gasteiger partial charge in [0, 0.05) is 5.69 Å². The van der Waals surface area contributed by atoms with Crippen molar-refractivity contribution in [2.45, 2.75) is 6.10 Å². The summed E-state index contributed by atoms with van der Waals surface area (Å²) >= 11 is 0. The Kier molecular flexibility index (Phi) is 5.82. The maximum absolute atomic E-state index is 10.2. The second kappa shape index (κ2) is 8.05. The van der Waals surface area contributed by atoms with Crippen molar-refractivity contribution in [3.63, 3.8) is 0 Å². The number of aliphatic hydroxyl groups is 1. The molecule has 122 valence electrons. The molecule has 1 atom stereocenters. The van der Waals surface area contributed by atoms with E-state index in [0.29, 0.717) is 5.75 Å². The smallest absolute Gasteiger partial charge is 0.193 e. The van der Waals surface area contributed by atoms with Gasteiger partial charge in [0.1, 0.15) is 11.5 Å². The first-order valence-electron chi connectivity index (χ1n) is 7.15. The van der Waals surface area contributed by atoms with E-state index in [1.165, 1.54) is 0 Å². The normalized spacial score (nSPS) is 12.6. The van der Waals surface area contributed by atoms with E-state index in [1.54, 1.807) is 20.3 Å². The molecule has 4 N–H and O–H groups in total. The van der Waals surface area contributed by atoms with Crippen LogP contribution in [0.4, 0.5) is 5.69 Å². The van der Waals surface area contributed by atoms with Crippen LogP contribution >= 0.6 is 0 Å². The number of hydrogen-bond donors (Lipinski definition) is 3. The second-order valence-electron chi connectivity index (χ2n) is 4.87. The van der Waals surface area contributed by atoms with Crippen molar-refractivity contribution in [1.29, 1.82) is 0 Å². The van der Waals surface area contributed by atoms with Crippen molar-refractivity contribution in [2.75, 3.05) is 26.1 Å². The zero-order chi connectivity index (χ0) is 16.7. The zero-order valence-corrected chi connectivity index (χ0v) is 13.2. The van der Waals surface area contributed by atoms with Crippen molar-refractivity contribution >= 4 is 11.6 Å². The molecule has 0 aliphatic heterocycles. The molecule has 0 aromatic heterocycles. The number of nitrogens with one attached hydrogen (secondary N) is 1. The van der Waals surface area contributed by atoms with Gasteiger partial charge in [-0.2, -0.15) is 0 Å². The zero-order valence-electron chi connectivity index (χ0n) is 13.2. The van der Waals surface area contributed by atoms with Crippen molar-refractivity contribution in [2.24, 2.45) is 10.7 Å². The van der Waals surface area contributed by atoms with Crippen LogP contribution in [0.1, 0.15) is 11.7 Å². The average Bonchev–Trinajstić information content (AvgIpc) is 2.60. The van der Waals surface area contributed by atoms with Crippen molar-refractivity contribution in [3.05, 3.63) is 54.1 Å². The Bertz CT molecular complexity index is 656. The Morgan fingerprint density at radius 3 is 2.48 bits per heavy atom. The Hall–Kier alpha value is -2.73. The quantitative estimate of drug-likeness (QED) is 0.561. The molecule has 0 fully saturated rings. The summed E-state index contributed by atoms with van der Waals surface area (Å²) in [5.41, 5.74) is 7.35. The lowest BCUT2D eigenvalue weighted by Gasteiger charge is -2.11. The van der Waals surface area contributed by atoms with Crippen molar-refractivity contribution in [1.82, 2.24) is 0 Å². The van der Waals surface area contributed by atoms with E-state index in [-0.39, 0.29) is 12.5 Å². The van der Waals surface area contributed by atoms with Crippen LogP contribution in [0.25, 0.3) is 0 Å². The van der Waals surface area contributed by atoms with Gasteiger partial charge in [0.15, 0.2) is 5.96 Å². The van der Waals surface area contributed by atoms with Gasteiger partial charge >= 0.3 is 0 Å². The largest absolute Gasteiger partial charge is 0.497 e. The van der Waals surface area contributed by atoms with E-state index in [1.807, 2.05) is 42.5 Å². The van der Waals surface area contributed by atoms with Crippen LogP contribution in [0, 0.1) is 0 Å². The third kappa shape index (κ3) is 4.89. The molecule has 1 unspecified atom stereocenters. The number of aliphatic hydroxyl groups excluding tert-OH is 1. The molecule has 2 aromatic carbocycles.